The van der Waals surface area contributed by atoms with Crippen LogP contribution in [0.4, 0.5) is 0 Å². The first-order valence-corrected chi connectivity index (χ1v) is 6.37. The molecule has 1 aliphatic heterocycles. The zero-order valence-corrected chi connectivity index (χ0v) is 10.6. The molecule has 0 bridgehead atoms. The van der Waals surface area contributed by atoms with E-state index in [1.54, 1.807) is 0 Å². The summed E-state index contributed by atoms with van der Waals surface area (Å²) in [4.78, 5) is 2.26. The zero-order chi connectivity index (χ0) is 11.8. The molecular weight excluding hydrogens is 204 g/mol. The minimum atomic E-state index is -0.259. The SMILES string of the molecule is CC(C)CCNCC(O)CN1CCOCC1. The van der Waals surface area contributed by atoms with Gasteiger partial charge in [-0.3, -0.25) is 4.90 Å². The molecule has 1 rings (SSSR count). The van der Waals surface area contributed by atoms with Gasteiger partial charge >= 0.3 is 0 Å². The highest BCUT2D eigenvalue weighted by molar-refractivity contribution is 4.69. The highest BCUT2D eigenvalue weighted by atomic mass is 16.5. The Morgan fingerprint density at radius 2 is 2.00 bits per heavy atom. The van der Waals surface area contributed by atoms with Crippen LogP contribution in [0.15, 0.2) is 0 Å². The minimum absolute atomic E-state index is 0.259. The third kappa shape index (κ3) is 6.43. The van der Waals surface area contributed by atoms with E-state index >= 15 is 0 Å². The van der Waals surface area contributed by atoms with Gasteiger partial charge in [-0.25, -0.2) is 0 Å². The van der Waals surface area contributed by atoms with E-state index in [0.717, 1.165) is 45.3 Å². The average molecular weight is 230 g/mol. The Bertz CT molecular complexity index is 170. The second-order valence-corrected chi connectivity index (χ2v) is 4.95. The lowest BCUT2D eigenvalue weighted by atomic mass is 10.1. The van der Waals surface area contributed by atoms with E-state index in [1.807, 2.05) is 0 Å². The van der Waals surface area contributed by atoms with Gasteiger partial charge in [-0.1, -0.05) is 13.8 Å². The molecule has 0 amide bonds. The number of β-amino-alcohol motifs (C(OH)–C–C–N with tert-alkyl or cyclic N) is 1. The summed E-state index contributed by atoms with van der Waals surface area (Å²) in [5.74, 6) is 0.726. The van der Waals surface area contributed by atoms with Crippen LogP contribution >= 0.6 is 0 Å². The summed E-state index contributed by atoms with van der Waals surface area (Å²) in [6.07, 6.45) is 0.912. The van der Waals surface area contributed by atoms with Crippen LogP contribution in [0.2, 0.25) is 0 Å². The molecule has 2 N–H and O–H groups in total. The quantitative estimate of drug-likeness (QED) is 0.618. The first-order chi connectivity index (χ1) is 7.68. The van der Waals surface area contributed by atoms with Crippen molar-refractivity contribution >= 4 is 0 Å². The number of aliphatic hydroxyl groups is 1. The second kappa shape index (κ2) is 8.01. The second-order valence-electron chi connectivity index (χ2n) is 4.95. The van der Waals surface area contributed by atoms with Gasteiger partial charge < -0.3 is 15.2 Å². The maximum absolute atomic E-state index is 9.82. The van der Waals surface area contributed by atoms with E-state index < -0.39 is 0 Å². The number of morpholine rings is 1. The Hall–Kier alpha value is -0.160. The number of nitrogens with one attached hydrogen (secondary N) is 1. The van der Waals surface area contributed by atoms with Crippen molar-refractivity contribution < 1.29 is 9.84 Å². The van der Waals surface area contributed by atoms with Gasteiger partial charge in [0.25, 0.3) is 0 Å². The number of hydrogen-bond donors (Lipinski definition) is 2. The van der Waals surface area contributed by atoms with E-state index in [-0.39, 0.29) is 6.10 Å². The number of rotatable bonds is 7. The molecular formula is C12H26N2O2. The normalized spacial score (nSPS) is 20.2. The zero-order valence-electron chi connectivity index (χ0n) is 10.6. The summed E-state index contributed by atoms with van der Waals surface area (Å²) in [6, 6.07) is 0. The van der Waals surface area contributed by atoms with E-state index in [4.69, 9.17) is 4.74 Å². The van der Waals surface area contributed by atoms with Crippen LogP contribution in [0.1, 0.15) is 20.3 Å². The van der Waals surface area contributed by atoms with Crippen molar-refractivity contribution in [1.82, 2.24) is 10.2 Å². The van der Waals surface area contributed by atoms with Crippen molar-refractivity contribution in [3.8, 4) is 0 Å². The third-order valence-electron chi connectivity index (χ3n) is 2.85. The van der Waals surface area contributed by atoms with Gasteiger partial charge in [0, 0.05) is 26.2 Å². The fourth-order valence-electron chi connectivity index (χ4n) is 1.81. The molecule has 16 heavy (non-hydrogen) atoms. The minimum Gasteiger partial charge on any atom is -0.390 e. The Labute approximate surface area is 99.0 Å². The van der Waals surface area contributed by atoms with Gasteiger partial charge in [-0.15, -0.1) is 0 Å². The molecule has 0 aliphatic carbocycles. The average Bonchev–Trinajstić information content (AvgIpc) is 2.25. The number of aliphatic hydroxyl groups excluding tert-OH is 1. The fraction of sp³-hybridized carbons (Fsp3) is 1.00. The highest BCUT2D eigenvalue weighted by Gasteiger charge is 2.14. The first kappa shape index (κ1) is 13.9. The van der Waals surface area contributed by atoms with Crippen molar-refractivity contribution in [2.75, 3.05) is 45.9 Å². The molecule has 1 atom stereocenters. The van der Waals surface area contributed by atoms with Crippen LogP contribution in [0.3, 0.4) is 0 Å². The van der Waals surface area contributed by atoms with Crippen molar-refractivity contribution in [3.63, 3.8) is 0 Å². The summed E-state index contributed by atoms with van der Waals surface area (Å²) in [7, 11) is 0. The van der Waals surface area contributed by atoms with E-state index in [9.17, 15) is 5.11 Å². The molecule has 1 fully saturated rings. The maximum atomic E-state index is 9.82. The number of nitrogens with zero attached hydrogens (tertiary/aromatic N) is 1. The molecule has 1 heterocycles. The summed E-state index contributed by atoms with van der Waals surface area (Å²) in [5.41, 5.74) is 0. The van der Waals surface area contributed by atoms with Gasteiger partial charge in [0.1, 0.15) is 0 Å². The number of ether oxygens (including phenoxy) is 1. The van der Waals surface area contributed by atoms with Crippen LogP contribution in [0.25, 0.3) is 0 Å². The predicted octanol–water partition coefficient (Wildman–Crippen LogP) is 0.315. The maximum Gasteiger partial charge on any atom is 0.0791 e. The molecule has 0 saturated carbocycles. The van der Waals surface area contributed by atoms with Crippen LogP contribution in [0, 0.1) is 5.92 Å². The Balaban J connectivity index is 1.99. The lowest BCUT2D eigenvalue weighted by Gasteiger charge is -2.28. The Kier molecular flexibility index (Phi) is 6.96. The smallest absolute Gasteiger partial charge is 0.0791 e. The molecule has 1 saturated heterocycles. The molecule has 96 valence electrons. The Morgan fingerprint density at radius 1 is 1.31 bits per heavy atom. The van der Waals surface area contributed by atoms with Crippen molar-refractivity contribution in [3.05, 3.63) is 0 Å². The van der Waals surface area contributed by atoms with E-state index in [1.165, 1.54) is 6.42 Å². The lowest BCUT2D eigenvalue weighted by Crippen LogP contribution is -2.43. The van der Waals surface area contributed by atoms with Crippen LogP contribution in [-0.4, -0.2) is 62.0 Å². The van der Waals surface area contributed by atoms with E-state index in [2.05, 4.69) is 24.1 Å². The predicted molar refractivity (Wildman–Crippen MR) is 65.6 cm³/mol. The molecule has 0 aromatic heterocycles. The third-order valence-corrected chi connectivity index (χ3v) is 2.85. The van der Waals surface area contributed by atoms with Gasteiger partial charge in [-0.2, -0.15) is 0 Å². The van der Waals surface area contributed by atoms with Crippen molar-refractivity contribution in [2.24, 2.45) is 5.92 Å². The van der Waals surface area contributed by atoms with E-state index in [0.29, 0.717) is 6.54 Å². The summed E-state index contributed by atoms with van der Waals surface area (Å²) in [6.45, 7) is 10.4. The summed E-state index contributed by atoms with van der Waals surface area (Å²) >= 11 is 0. The molecule has 1 aliphatic rings. The largest absolute Gasteiger partial charge is 0.390 e. The topological polar surface area (TPSA) is 44.7 Å². The summed E-state index contributed by atoms with van der Waals surface area (Å²) < 4.78 is 5.27. The van der Waals surface area contributed by atoms with Crippen LogP contribution in [-0.2, 0) is 4.74 Å². The molecule has 0 radical (unpaired) electrons. The molecule has 4 nitrogen and oxygen atoms in total. The van der Waals surface area contributed by atoms with Gasteiger partial charge in [-0.05, 0) is 18.9 Å². The number of hydrogen-bond acceptors (Lipinski definition) is 4. The fourth-order valence-corrected chi connectivity index (χ4v) is 1.81. The van der Waals surface area contributed by atoms with Gasteiger partial charge in [0.2, 0.25) is 0 Å². The molecule has 4 heteroatoms. The molecule has 0 aromatic rings. The first-order valence-electron chi connectivity index (χ1n) is 6.37. The Morgan fingerprint density at radius 3 is 2.62 bits per heavy atom. The van der Waals surface area contributed by atoms with Crippen molar-refractivity contribution in [1.29, 1.82) is 0 Å². The van der Waals surface area contributed by atoms with Crippen molar-refractivity contribution in [2.45, 2.75) is 26.4 Å². The van der Waals surface area contributed by atoms with Crippen LogP contribution < -0.4 is 5.32 Å². The van der Waals surface area contributed by atoms with Gasteiger partial charge in [0.05, 0.1) is 19.3 Å². The summed E-state index contributed by atoms with van der Waals surface area (Å²) in [5, 5.41) is 13.1. The molecule has 0 spiro atoms. The monoisotopic (exact) mass is 230 g/mol. The van der Waals surface area contributed by atoms with Gasteiger partial charge in [0.15, 0.2) is 0 Å². The molecule has 0 aromatic carbocycles. The highest BCUT2D eigenvalue weighted by Crippen LogP contribution is 1.99. The standard InChI is InChI=1S/C12H26N2O2/c1-11(2)3-4-13-9-12(15)10-14-5-7-16-8-6-14/h11-13,15H,3-10H2,1-2H3. The lowest BCUT2D eigenvalue weighted by molar-refractivity contribution is 0.0149. The molecule has 1 unspecified atom stereocenters. The van der Waals surface area contributed by atoms with Crippen LogP contribution in [0.5, 0.6) is 0 Å².